The Labute approximate surface area is 132 Å². The van der Waals surface area contributed by atoms with E-state index >= 15 is 0 Å². The molecule has 0 radical (unpaired) electrons. The highest BCUT2D eigenvalue weighted by Crippen LogP contribution is 2.26. The minimum Gasteiger partial charge on any atom is -0.360 e. The molecule has 0 saturated carbocycles. The zero-order chi connectivity index (χ0) is 15.5. The highest BCUT2D eigenvalue weighted by Gasteiger charge is 2.23. The van der Waals surface area contributed by atoms with Crippen LogP contribution in [0.5, 0.6) is 0 Å². The first-order valence-corrected chi connectivity index (χ1v) is 7.90. The monoisotopic (exact) mass is 312 g/mol. The third-order valence-electron chi connectivity index (χ3n) is 3.45. The van der Waals surface area contributed by atoms with Gasteiger partial charge in [0.2, 0.25) is 0 Å². The second-order valence-corrected chi connectivity index (χ2v) is 6.02. The molecule has 0 bridgehead atoms. The molecule has 0 fully saturated rings. The first-order valence-electron chi connectivity index (χ1n) is 7.02. The zero-order valence-electron chi connectivity index (χ0n) is 12.4. The average molecular weight is 312 g/mol. The van der Waals surface area contributed by atoms with Crippen LogP contribution in [0.2, 0.25) is 0 Å². The van der Waals surface area contributed by atoms with E-state index in [1.807, 2.05) is 54.8 Å². The van der Waals surface area contributed by atoms with Gasteiger partial charge >= 0.3 is 0 Å². The van der Waals surface area contributed by atoms with Crippen molar-refractivity contribution in [2.75, 3.05) is 0 Å². The molecule has 1 amide bonds. The molecule has 1 atom stereocenters. The standard InChI is InChI=1S/C17H16N2O2S/c1-11(14-9-6-10-22-14)18-17(20)15-12(2)21-19-16(15)13-7-4-3-5-8-13/h3-11H,1-2H3,(H,18,20)/t11-/m0/s1. The van der Waals surface area contributed by atoms with Gasteiger partial charge in [-0.15, -0.1) is 11.3 Å². The number of hydrogen-bond acceptors (Lipinski definition) is 4. The number of rotatable bonds is 4. The SMILES string of the molecule is Cc1onc(-c2ccccc2)c1C(=O)N[C@@H](C)c1cccs1. The van der Waals surface area contributed by atoms with Crippen molar-refractivity contribution < 1.29 is 9.32 Å². The molecule has 3 rings (SSSR count). The fraction of sp³-hybridized carbons (Fsp3) is 0.176. The van der Waals surface area contributed by atoms with E-state index in [2.05, 4.69) is 10.5 Å². The summed E-state index contributed by atoms with van der Waals surface area (Å²) in [5, 5.41) is 9.05. The van der Waals surface area contributed by atoms with Crippen LogP contribution in [0, 0.1) is 6.92 Å². The smallest absolute Gasteiger partial charge is 0.257 e. The molecule has 0 aliphatic heterocycles. The second kappa shape index (κ2) is 6.15. The van der Waals surface area contributed by atoms with Gasteiger partial charge in [-0.3, -0.25) is 4.79 Å². The highest BCUT2D eigenvalue weighted by atomic mass is 32.1. The number of thiophene rings is 1. The Morgan fingerprint density at radius 1 is 1.23 bits per heavy atom. The summed E-state index contributed by atoms with van der Waals surface area (Å²) >= 11 is 1.62. The van der Waals surface area contributed by atoms with E-state index in [1.165, 1.54) is 0 Å². The molecule has 0 unspecified atom stereocenters. The Morgan fingerprint density at radius 3 is 2.68 bits per heavy atom. The van der Waals surface area contributed by atoms with E-state index in [1.54, 1.807) is 18.3 Å². The van der Waals surface area contributed by atoms with E-state index in [9.17, 15) is 4.79 Å². The third kappa shape index (κ3) is 2.80. The molecule has 2 heterocycles. The van der Waals surface area contributed by atoms with Gasteiger partial charge in [-0.05, 0) is 25.3 Å². The van der Waals surface area contributed by atoms with Gasteiger partial charge < -0.3 is 9.84 Å². The lowest BCUT2D eigenvalue weighted by Crippen LogP contribution is -2.26. The van der Waals surface area contributed by atoms with Crippen molar-refractivity contribution in [3.8, 4) is 11.3 Å². The van der Waals surface area contributed by atoms with Crippen molar-refractivity contribution >= 4 is 17.2 Å². The Morgan fingerprint density at radius 2 is 2.00 bits per heavy atom. The molecular weight excluding hydrogens is 296 g/mol. The molecule has 0 aliphatic rings. The van der Waals surface area contributed by atoms with Crippen LogP contribution < -0.4 is 5.32 Å². The summed E-state index contributed by atoms with van der Waals surface area (Å²) in [6.07, 6.45) is 0. The summed E-state index contributed by atoms with van der Waals surface area (Å²) in [7, 11) is 0. The Balaban J connectivity index is 1.88. The number of nitrogens with zero attached hydrogens (tertiary/aromatic N) is 1. The van der Waals surface area contributed by atoms with Crippen LogP contribution in [-0.2, 0) is 0 Å². The van der Waals surface area contributed by atoms with Crippen LogP contribution in [0.15, 0.2) is 52.4 Å². The van der Waals surface area contributed by atoms with Gasteiger partial charge in [0, 0.05) is 10.4 Å². The quantitative estimate of drug-likeness (QED) is 0.785. The minimum atomic E-state index is -0.168. The fourth-order valence-electron chi connectivity index (χ4n) is 2.31. The Hall–Kier alpha value is -2.40. The van der Waals surface area contributed by atoms with E-state index in [0.29, 0.717) is 17.0 Å². The number of amides is 1. The number of hydrogen-bond donors (Lipinski definition) is 1. The van der Waals surface area contributed by atoms with Crippen LogP contribution in [-0.4, -0.2) is 11.1 Å². The van der Waals surface area contributed by atoms with Crippen LogP contribution in [0.1, 0.15) is 34.0 Å². The molecule has 0 saturated heterocycles. The van der Waals surface area contributed by atoms with Gasteiger partial charge in [-0.1, -0.05) is 41.6 Å². The summed E-state index contributed by atoms with van der Waals surface area (Å²) in [6, 6.07) is 13.5. The number of aromatic nitrogens is 1. The van der Waals surface area contributed by atoms with Crippen molar-refractivity contribution in [2.45, 2.75) is 19.9 Å². The van der Waals surface area contributed by atoms with E-state index in [0.717, 1.165) is 10.4 Å². The molecule has 0 aliphatic carbocycles. The third-order valence-corrected chi connectivity index (χ3v) is 4.51. The number of carbonyl (C=O) groups is 1. The predicted molar refractivity (Wildman–Crippen MR) is 86.9 cm³/mol. The molecule has 3 aromatic rings. The van der Waals surface area contributed by atoms with Crippen LogP contribution >= 0.6 is 11.3 Å². The summed E-state index contributed by atoms with van der Waals surface area (Å²) < 4.78 is 5.24. The van der Waals surface area contributed by atoms with Crippen molar-refractivity contribution in [3.63, 3.8) is 0 Å². The second-order valence-electron chi connectivity index (χ2n) is 5.04. The summed E-state index contributed by atoms with van der Waals surface area (Å²) in [5.41, 5.74) is 1.94. The maximum Gasteiger partial charge on any atom is 0.257 e. The van der Waals surface area contributed by atoms with Crippen LogP contribution in [0.25, 0.3) is 11.3 Å². The molecule has 5 heteroatoms. The summed E-state index contributed by atoms with van der Waals surface area (Å²) in [4.78, 5) is 13.7. The zero-order valence-corrected chi connectivity index (χ0v) is 13.2. The lowest BCUT2D eigenvalue weighted by molar-refractivity contribution is 0.0939. The number of nitrogens with one attached hydrogen (secondary N) is 1. The van der Waals surface area contributed by atoms with Crippen molar-refractivity contribution in [3.05, 3.63) is 64.0 Å². The average Bonchev–Trinajstić information content (AvgIpc) is 3.17. The predicted octanol–water partition coefficient (Wildman–Crippen LogP) is 4.20. The van der Waals surface area contributed by atoms with Crippen molar-refractivity contribution in [2.24, 2.45) is 0 Å². The Bertz CT molecular complexity index is 763. The number of aryl methyl sites for hydroxylation is 1. The number of benzene rings is 1. The molecule has 2 aromatic heterocycles. The van der Waals surface area contributed by atoms with Gasteiger partial charge in [0.05, 0.1) is 6.04 Å². The van der Waals surface area contributed by atoms with Crippen molar-refractivity contribution in [1.82, 2.24) is 10.5 Å². The summed E-state index contributed by atoms with van der Waals surface area (Å²) in [6.45, 7) is 3.72. The topological polar surface area (TPSA) is 55.1 Å². The minimum absolute atomic E-state index is 0.0505. The maximum absolute atomic E-state index is 12.6. The lowest BCUT2D eigenvalue weighted by Gasteiger charge is -2.12. The highest BCUT2D eigenvalue weighted by molar-refractivity contribution is 7.10. The van der Waals surface area contributed by atoms with Gasteiger partial charge in [0.1, 0.15) is 17.0 Å². The lowest BCUT2D eigenvalue weighted by atomic mass is 10.1. The molecule has 22 heavy (non-hydrogen) atoms. The van der Waals surface area contributed by atoms with Crippen molar-refractivity contribution in [1.29, 1.82) is 0 Å². The van der Waals surface area contributed by atoms with Gasteiger partial charge in [-0.2, -0.15) is 0 Å². The normalized spacial score (nSPS) is 12.1. The molecule has 1 N–H and O–H groups in total. The molecule has 4 nitrogen and oxygen atoms in total. The van der Waals surface area contributed by atoms with Crippen LogP contribution in [0.4, 0.5) is 0 Å². The Kier molecular flexibility index (Phi) is 4.06. The van der Waals surface area contributed by atoms with E-state index in [4.69, 9.17) is 4.52 Å². The molecule has 112 valence electrons. The van der Waals surface area contributed by atoms with Gasteiger partial charge in [0.25, 0.3) is 5.91 Å². The van der Waals surface area contributed by atoms with E-state index < -0.39 is 0 Å². The first-order chi connectivity index (χ1) is 10.7. The van der Waals surface area contributed by atoms with Gasteiger partial charge in [0.15, 0.2) is 0 Å². The molecule has 1 aromatic carbocycles. The maximum atomic E-state index is 12.6. The molecular formula is C17H16N2O2S. The first kappa shape index (κ1) is 14.5. The van der Waals surface area contributed by atoms with Crippen LogP contribution in [0.3, 0.4) is 0 Å². The largest absolute Gasteiger partial charge is 0.360 e. The fourth-order valence-corrected chi connectivity index (χ4v) is 3.04. The summed E-state index contributed by atoms with van der Waals surface area (Å²) in [5.74, 6) is 0.355. The van der Waals surface area contributed by atoms with E-state index in [-0.39, 0.29) is 11.9 Å². The molecule has 0 spiro atoms. The van der Waals surface area contributed by atoms with Gasteiger partial charge in [-0.25, -0.2) is 0 Å². The number of carbonyl (C=O) groups excluding carboxylic acids is 1.